The molecule has 0 aliphatic rings. The van der Waals surface area contributed by atoms with Crippen LogP contribution in [0.3, 0.4) is 0 Å². The molecule has 0 radical (unpaired) electrons. The van der Waals surface area contributed by atoms with Gasteiger partial charge in [0.15, 0.2) is 0 Å². The van der Waals surface area contributed by atoms with Crippen molar-refractivity contribution in [1.29, 1.82) is 0 Å². The number of nitrogens with zero attached hydrogens (tertiary/aromatic N) is 1. The highest BCUT2D eigenvalue weighted by Crippen LogP contribution is 2.20. The Hall–Kier alpha value is -1.41. The summed E-state index contributed by atoms with van der Waals surface area (Å²) < 4.78 is 0. The van der Waals surface area contributed by atoms with Crippen LogP contribution in [0.25, 0.3) is 10.9 Å². The summed E-state index contributed by atoms with van der Waals surface area (Å²) in [6, 6.07) is 11.6. The van der Waals surface area contributed by atoms with Crippen LogP contribution in [0.4, 0.5) is 0 Å². The smallest absolute Gasteiger partial charge is 0.0704 e. The van der Waals surface area contributed by atoms with Gasteiger partial charge in [0.2, 0.25) is 0 Å². The third-order valence-corrected chi connectivity index (χ3v) is 3.73. The number of hydrogen-bond donors (Lipinski definition) is 1. The topological polar surface area (TPSA) is 24.9 Å². The quantitative estimate of drug-likeness (QED) is 0.880. The summed E-state index contributed by atoms with van der Waals surface area (Å²) >= 11 is 0. The summed E-state index contributed by atoms with van der Waals surface area (Å²) in [6.45, 7) is 8.99. The third-order valence-electron chi connectivity index (χ3n) is 3.73. The molecule has 19 heavy (non-hydrogen) atoms. The Morgan fingerprint density at radius 3 is 2.53 bits per heavy atom. The van der Waals surface area contributed by atoms with E-state index < -0.39 is 0 Å². The van der Waals surface area contributed by atoms with E-state index in [2.05, 4.69) is 62.3 Å². The van der Waals surface area contributed by atoms with Gasteiger partial charge in [-0.3, -0.25) is 4.98 Å². The summed E-state index contributed by atoms with van der Waals surface area (Å²) in [5, 5.41) is 4.88. The van der Waals surface area contributed by atoms with E-state index in [1.54, 1.807) is 0 Å². The van der Waals surface area contributed by atoms with Gasteiger partial charge >= 0.3 is 0 Å². The zero-order valence-corrected chi connectivity index (χ0v) is 12.4. The van der Waals surface area contributed by atoms with Crippen molar-refractivity contribution < 1.29 is 0 Å². The molecule has 0 aliphatic carbocycles. The van der Waals surface area contributed by atoms with Gasteiger partial charge in [0.05, 0.1) is 5.52 Å². The molecule has 2 aromatic rings. The van der Waals surface area contributed by atoms with E-state index in [9.17, 15) is 0 Å². The first-order valence-corrected chi connectivity index (χ1v) is 7.16. The number of pyridine rings is 1. The number of para-hydroxylation sites is 1. The molecule has 2 rings (SSSR count). The number of fused-ring (bicyclic) bond motifs is 1. The maximum atomic E-state index is 4.43. The van der Waals surface area contributed by atoms with Crippen LogP contribution in [0, 0.1) is 5.92 Å². The monoisotopic (exact) mass is 256 g/mol. The molecule has 1 heterocycles. The molecule has 0 fully saturated rings. The van der Waals surface area contributed by atoms with E-state index in [1.807, 2.05) is 12.3 Å². The average molecular weight is 256 g/mol. The number of hydrogen-bond acceptors (Lipinski definition) is 2. The van der Waals surface area contributed by atoms with Gasteiger partial charge in [-0.15, -0.1) is 0 Å². The van der Waals surface area contributed by atoms with Crippen LogP contribution in [0.1, 0.15) is 33.3 Å². The van der Waals surface area contributed by atoms with Gasteiger partial charge in [0.25, 0.3) is 0 Å². The lowest BCUT2D eigenvalue weighted by Gasteiger charge is -2.24. The molecule has 1 aromatic carbocycles. The van der Waals surface area contributed by atoms with Gasteiger partial charge < -0.3 is 5.32 Å². The molecule has 0 saturated carbocycles. The van der Waals surface area contributed by atoms with Gasteiger partial charge in [-0.05, 0) is 37.0 Å². The third kappa shape index (κ3) is 3.54. The molecular weight excluding hydrogens is 232 g/mol. The molecule has 0 bridgehead atoms. The van der Waals surface area contributed by atoms with Crippen LogP contribution in [0.15, 0.2) is 36.5 Å². The van der Waals surface area contributed by atoms with E-state index in [-0.39, 0.29) is 0 Å². The molecule has 102 valence electrons. The number of aromatic nitrogens is 1. The molecule has 2 atom stereocenters. The number of nitrogens with one attached hydrogen (secondary N) is 1. The predicted octanol–water partition coefficient (Wildman–Crippen LogP) is 3.80. The maximum Gasteiger partial charge on any atom is 0.0704 e. The Labute approximate surface area is 116 Å². The van der Waals surface area contributed by atoms with Crippen LogP contribution in [0.5, 0.6) is 0 Å². The minimum Gasteiger partial charge on any atom is -0.312 e. The SMILES string of the molecule is CC(C)NC(C)C(C)Cc1ccnc2ccccc12. The van der Waals surface area contributed by atoms with Crippen molar-refractivity contribution in [2.75, 3.05) is 0 Å². The van der Waals surface area contributed by atoms with Crippen molar-refractivity contribution in [1.82, 2.24) is 10.3 Å². The summed E-state index contributed by atoms with van der Waals surface area (Å²) in [4.78, 5) is 4.43. The summed E-state index contributed by atoms with van der Waals surface area (Å²) in [6.07, 6.45) is 3.01. The van der Waals surface area contributed by atoms with Crippen molar-refractivity contribution >= 4 is 10.9 Å². The highest BCUT2D eigenvalue weighted by atomic mass is 14.9. The second kappa shape index (κ2) is 6.16. The number of benzene rings is 1. The summed E-state index contributed by atoms with van der Waals surface area (Å²) in [5.74, 6) is 0.605. The van der Waals surface area contributed by atoms with Crippen LogP contribution in [0.2, 0.25) is 0 Å². The highest BCUT2D eigenvalue weighted by molar-refractivity contribution is 5.81. The van der Waals surface area contributed by atoms with Gasteiger partial charge in [0.1, 0.15) is 0 Å². The van der Waals surface area contributed by atoms with Gasteiger partial charge in [0, 0.05) is 23.7 Å². The zero-order valence-electron chi connectivity index (χ0n) is 12.4. The first-order chi connectivity index (χ1) is 9.08. The Morgan fingerprint density at radius 1 is 1.05 bits per heavy atom. The minimum atomic E-state index is 0.520. The maximum absolute atomic E-state index is 4.43. The standard InChI is InChI=1S/C17H24N2/c1-12(2)19-14(4)13(3)11-15-9-10-18-17-8-6-5-7-16(15)17/h5-10,12-14,19H,11H2,1-4H3. The fourth-order valence-electron chi connectivity index (χ4n) is 2.55. The van der Waals surface area contributed by atoms with Crippen LogP contribution in [-0.2, 0) is 6.42 Å². The fraction of sp³-hybridized carbons (Fsp3) is 0.471. The Morgan fingerprint density at radius 2 is 1.79 bits per heavy atom. The van der Waals surface area contributed by atoms with Crippen molar-refractivity contribution in [3.8, 4) is 0 Å². The second-order valence-electron chi connectivity index (χ2n) is 5.78. The molecule has 1 N–H and O–H groups in total. The van der Waals surface area contributed by atoms with E-state index in [4.69, 9.17) is 0 Å². The lowest BCUT2D eigenvalue weighted by Crippen LogP contribution is -2.37. The number of rotatable bonds is 5. The van der Waals surface area contributed by atoms with Crippen molar-refractivity contribution in [3.05, 3.63) is 42.1 Å². The molecule has 2 unspecified atom stereocenters. The molecule has 0 amide bonds. The van der Waals surface area contributed by atoms with Crippen molar-refractivity contribution in [3.63, 3.8) is 0 Å². The lowest BCUT2D eigenvalue weighted by atomic mass is 9.93. The first kappa shape index (κ1) is 14.0. The van der Waals surface area contributed by atoms with Gasteiger partial charge in [-0.1, -0.05) is 39.0 Å². The molecule has 2 heteroatoms. The van der Waals surface area contributed by atoms with E-state index in [1.165, 1.54) is 10.9 Å². The van der Waals surface area contributed by atoms with Crippen LogP contribution in [-0.4, -0.2) is 17.1 Å². The van der Waals surface area contributed by atoms with Crippen LogP contribution >= 0.6 is 0 Å². The minimum absolute atomic E-state index is 0.520. The van der Waals surface area contributed by atoms with Crippen LogP contribution < -0.4 is 5.32 Å². The van der Waals surface area contributed by atoms with Crippen molar-refractivity contribution in [2.24, 2.45) is 5.92 Å². The lowest BCUT2D eigenvalue weighted by molar-refractivity contribution is 0.372. The average Bonchev–Trinajstić information content (AvgIpc) is 2.38. The van der Waals surface area contributed by atoms with Gasteiger partial charge in [-0.25, -0.2) is 0 Å². The molecular formula is C17H24N2. The summed E-state index contributed by atoms with van der Waals surface area (Å²) in [5.41, 5.74) is 2.49. The first-order valence-electron chi connectivity index (χ1n) is 7.16. The Kier molecular flexibility index (Phi) is 4.54. The second-order valence-corrected chi connectivity index (χ2v) is 5.78. The summed E-state index contributed by atoms with van der Waals surface area (Å²) in [7, 11) is 0. The predicted molar refractivity (Wildman–Crippen MR) is 82.3 cm³/mol. The zero-order chi connectivity index (χ0) is 13.8. The molecule has 1 aromatic heterocycles. The van der Waals surface area contributed by atoms with Crippen molar-refractivity contribution in [2.45, 2.75) is 46.2 Å². The normalized spacial score (nSPS) is 14.8. The molecule has 0 saturated heterocycles. The Bertz CT molecular complexity index is 528. The largest absolute Gasteiger partial charge is 0.312 e. The van der Waals surface area contributed by atoms with Gasteiger partial charge in [-0.2, -0.15) is 0 Å². The molecule has 0 aliphatic heterocycles. The Balaban J connectivity index is 2.17. The van der Waals surface area contributed by atoms with E-state index in [0.29, 0.717) is 18.0 Å². The highest BCUT2D eigenvalue weighted by Gasteiger charge is 2.14. The van der Waals surface area contributed by atoms with E-state index in [0.717, 1.165) is 11.9 Å². The van der Waals surface area contributed by atoms with E-state index >= 15 is 0 Å². The molecule has 2 nitrogen and oxygen atoms in total. The fourth-order valence-corrected chi connectivity index (χ4v) is 2.55. The molecule has 0 spiro atoms.